The van der Waals surface area contributed by atoms with Gasteiger partial charge in [0, 0.05) is 38.6 Å². The minimum atomic E-state index is -0.140. The van der Waals surface area contributed by atoms with Gasteiger partial charge in [0.2, 0.25) is 11.8 Å². The Morgan fingerprint density at radius 3 is 2.42 bits per heavy atom. The van der Waals surface area contributed by atoms with E-state index >= 15 is 0 Å². The van der Waals surface area contributed by atoms with E-state index in [1.54, 1.807) is 0 Å². The molecule has 1 N–H and O–H groups in total. The molecule has 0 bridgehead atoms. The second-order valence-electron chi connectivity index (χ2n) is 6.84. The number of benzene rings is 1. The van der Waals surface area contributed by atoms with E-state index < -0.39 is 0 Å². The number of hydrogen-bond donors (Lipinski definition) is 1. The second-order valence-corrected chi connectivity index (χ2v) is 6.84. The standard InChI is InChI=1S/C19H27N3O2/c1-15(18(23)20-10-9-16-5-3-2-4-6-16)21-11-13-22(14-12-21)19(24)17-7-8-17/h2-6,15,17H,7-14H2,1H3,(H,20,23)/t15-/m1/s1. The Labute approximate surface area is 144 Å². The van der Waals surface area contributed by atoms with Crippen molar-refractivity contribution in [3.63, 3.8) is 0 Å². The lowest BCUT2D eigenvalue weighted by molar-refractivity contribution is -0.135. The van der Waals surface area contributed by atoms with Gasteiger partial charge in [-0.3, -0.25) is 14.5 Å². The van der Waals surface area contributed by atoms with Gasteiger partial charge in [0.05, 0.1) is 6.04 Å². The Hall–Kier alpha value is -1.88. The maximum absolute atomic E-state index is 12.3. The molecule has 0 aromatic heterocycles. The van der Waals surface area contributed by atoms with E-state index in [4.69, 9.17) is 0 Å². The lowest BCUT2D eigenvalue weighted by Gasteiger charge is -2.37. The van der Waals surface area contributed by atoms with Crippen LogP contribution in [0.25, 0.3) is 0 Å². The van der Waals surface area contributed by atoms with Gasteiger partial charge in [-0.2, -0.15) is 0 Å². The largest absolute Gasteiger partial charge is 0.354 e. The molecule has 0 spiro atoms. The fourth-order valence-corrected chi connectivity index (χ4v) is 3.21. The molecule has 5 heteroatoms. The highest BCUT2D eigenvalue weighted by Crippen LogP contribution is 2.31. The van der Waals surface area contributed by atoms with Gasteiger partial charge in [-0.1, -0.05) is 30.3 Å². The van der Waals surface area contributed by atoms with Gasteiger partial charge in [0.1, 0.15) is 0 Å². The molecule has 24 heavy (non-hydrogen) atoms. The first-order chi connectivity index (χ1) is 11.6. The first-order valence-corrected chi connectivity index (χ1v) is 8.99. The summed E-state index contributed by atoms with van der Waals surface area (Å²) in [5.41, 5.74) is 1.23. The SMILES string of the molecule is C[C@H](C(=O)NCCc1ccccc1)N1CCN(C(=O)C2CC2)CC1. The van der Waals surface area contributed by atoms with Crippen LogP contribution in [0.1, 0.15) is 25.3 Å². The molecule has 1 aromatic carbocycles. The van der Waals surface area contributed by atoms with Gasteiger partial charge < -0.3 is 10.2 Å². The lowest BCUT2D eigenvalue weighted by atomic mass is 10.1. The van der Waals surface area contributed by atoms with Crippen molar-refractivity contribution in [2.75, 3.05) is 32.7 Å². The maximum atomic E-state index is 12.3. The predicted molar refractivity (Wildman–Crippen MR) is 93.5 cm³/mol. The summed E-state index contributed by atoms with van der Waals surface area (Å²) in [5.74, 6) is 0.678. The Bertz CT molecular complexity index is 563. The van der Waals surface area contributed by atoms with Crippen molar-refractivity contribution in [3.05, 3.63) is 35.9 Å². The van der Waals surface area contributed by atoms with Crippen molar-refractivity contribution in [1.29, 1.82) is 0 Å². The Morgan fingerprint density at radius 2 is 1.79 bits per heavy atom. The number of carbonyl (C=O) groups is 2. The summed E-state index contributed by atoms with van der Waals surface area (Å²) in [5, 5.41) is 3.03. The van der Waals surface area contributed by atoms with Crippen LogP contribution in [0, 0.1) is 5.92 Å². The smallest absolute Gasteiger partial charge is 0.237 e. The van der Waals surface area contributed by atoms with E-state index in [9.17, 15) is 9.59 Å². The van der Waals surface area contributed by atoms with Crippen LogP contribution in [0.4, 0.5) is 0 Å². The van der Waals surface area contributed by atoms with Crippen molar-refractivity contribution >= 4 is 11.8 Å². The zero-order valence-electron chi connectivity index (χ0n) is 14.4. The lowest BCUT2D eigenvalue weighted by Crippen LogP contribution is -2.55. The third-order valence-corrected chi connectivity index (χ3v) is 5.04. The molecular formula is C19H27N3O2. The third kappa shape index (κ3) is 4.35. The number of amides is 2. The molecule has 1 aromatic rings. The number of carbonyl (C=O) groups excluding carboxylic acids is 2. The van der Waals surface area contributed by atoms with E-state index in [1.807, 2.05) is 30.0 Å². The molecule has 1 aliphatic heterocycles. The molecule has 1 saturated heterocycles. The summed E-state index contributed by atoms with van der Waals surface area (Å²) in [6.07, 6.45) is 2.96. The third-order valence-electron chi connectivity index (χ3n) is 5.04. The first kappa shape index (κ1) is 17.0. The number of rotatable bonds is 6. The van der Waals surface area contributed by atoms with E-state index in [2.05, 4.69) is 22.3 Å². The number of piperazine rings is 1. The molecule has 2 amide bonds. The van der Waals surface area contributed by atoms with Crippen molar-refractivity contribution in [2.24, 2.45) is 5.92 Å². The van der Waals surface area contributed by atoms with Gasteiger partial charge in [-0.15, -0.1) is 0 Å². The Balaban J connectivity index is 1.38. The predicted octanol–water partition coefficient (Wildman–Crippen LogP) is 1.29. The average molecular weight is 329 g/mol. The highest BCUT2D eigenvalue weighted by atomic mass is 16.2. The number of nitrogens with zero attached hydrogens (tertiary/aromatic N) is 2. The molecule has 0 radical (unpaired) electrons. The Kier molecular flexibility index (Phi) is 5.51. The molecule has 1 heterocycles. The monoisotopic (exact) mass is 329 g/mol. The molecule has 3 rings (SSSR count). The van der Waals surface area contributed by atoms with Gasteiger partial charge in [-0.25, -0.2) is 0 Å². The molecule has 1 aliphatic carbocycles. The van der Waals surface area contributed by atoms with E-state index in [1.165, 1.54) is 5.56 Å². The van der Waals surface area contributed by atoms with Crippen LogP contribution in [0.15, 0.2) is 30.3 Å². The molecule has 2 aliphatic rings. The zero-order chi connectivity index (χ0) is 16.9. The first-order valence-electron chi connectivity index (χ1n) is 8.99. The molecular weight excluding hydrogens is 302 g/mol. The summed E-state index contributed by atoms with van der Waals surface area (Å²) < 4.78 is 0. The Morgan fingerprint density at radius 1 is 1.12 bits per heavy atom. The number of nitrogens with one attached hydrogen (secondary N) is 1. The van der Waals surface area contributed by atoms with Crippen molar-refractivity contribution in [2.45, 2.75) is 32.2 Å². The molecule has 1 atom stereocenters. The second kappa shape index (κ2) is 7.79. The van der Waals surface area contributed by atoms with Crippen LogP contribution in [-0.4, -0.2) is 60.4 Å². The highest BCUT2D eigenvalue weighted by molar-refractivity contribution is 5.82. The van der Waals surface area contributed by atoms with Gasteiger partial charge in [0.25, 0.3) is 0 Å². The maximum Gasteiger partial charge on any atom is 0.237 e. The van der Waals surface area contributed by atoms with Gasteiger partial charge in [-0.05, 0) is 31.7 Å². The molecule has 0 unspecified atom stereocenters. The fraction of sp³-hybridized carbons (Fsp3) is 0.579. The minimum Gasteiger partial charge on any atom is -0.354 e. The summed E-state index contributed by atoms with van der Waals surface area (Å²) in [4.78, 5) is 28.5. The van der Waals surface area contributed by atoms with E-state index in [0.29, 0.717) is 12.5 Å². The summed E-state index contributed by atoms with van der Waals surface area (Å²) in [6.45, 7) is 5.68. The van der Waals surface area contributed by atoms with Crippen LogP contribution in [0.2, 0.25) is 0 Å². The fourth-order valence-electron chi connectivity index (χ4n) is 3.21. The number of hydrogen-bond acceptors (Lipinski definition) is 3. The van der Waals surface area contributed by atoms with Crippen LogP contribution >= 0.6 is 0 Å². The average Bonchev–Trinajstić information content (AvgIpc) is 3.46. The van der Waals surface area contributed by atoms with E-state index in [-0.39, 0.29) is 17.9 Å². The van der Waals surface area contributed by atoms with Crippen LogP contribution < -0.4 is 5.32 Å². The van der Waals surface area contributed by atoms with Gasteiger partial charge >= 0.3 is 0 Å². The van der Waals surface area contributed by atoms with Gasteiger partial charge in [0.15, 0.2) is 0 Å². The molecule has 130 valence electrons. The van der Waals surface area contributed by atoms with E-state index in [0.717, 1.165) is 45.4 Å². The topological polar surface area (TPSA) is 52.7 Å². The van der Waals surface area contributed by atoms with Crippen LogP contribution in [0.5, 0.6) is 0 Å². The normalized spacial score (nSPS) is 19.8. The molecule has 5 nitrogen and oxygen atoms in total. The van der Waals surface area contributed by atoms with Crippen molar-refractivity contribution < 1.29 is 9.59 Å². The van der Waals surface area contributed by atoms with Crippen LogP contribution in [-0.2, 0) is 16.0 Å². The van der Waals surface area contributed by atoms with Crippen LogP contribution in [0.3, 0.4) is 0 Å². The summed E-state index contributed by atoms with van der Waals surface area (Å²) in [6, 6.07) is 10.0. The summed E-state index contributed by atoms with van der Waals surface area (Å²) in [7, 11) is 0. The summed E-state index contributed by atoms with van der Waals surface area (Å²) >= 11 is 0. The van der Waals surface area contributed by atoms with Crippen molar-refractivity contribution in [1.82, 2.24) is 15.1 Å². The quantitative estimate of drug-likeness (QED) is 0.856. The molecule has 2 fully saturated rings. The highest BCUT2D eigenvalue weighted by Gasteiger charge is 2.35. The minimum absolute atomic E-state index is 0.0768. The zero-order valence-corrected chi connectivity index (χ0v) is 14.4. The molecule has 1 saturated carbocycles. The van der Waals surface area contributed by atoms with Crippen molar-refractivity contribution in [3.8, 4) is 0 Å².